The van der Waals surface area contributed by atoms with Gasteiger partial charge >= 0.3 is 6.01 Å². The van der Waals surface area contributed by atoms with Crippen LogP contribution in [0.2, 0.25) is 0 Å². The number of aromatic nitrogens is 2. The lowest BCUT2D eigenvalue weighted by atomic mass is 10.0. The lowest BCUT2D eigenvalue weighted by Gasteiger charge is -2.22. The van der Waals surface area contributed by atoms with Gasteiger partial charge in [-0.25, -0.2) is 0 Å². The third-order valence-electron chi connectivity index (χ3n) is 2.19. The molecule has 0 atom stereocenters. The smallest absolute Gasteiger partial charge is 0.315 e. The number of rotatable bonds is 7. The second kappa shape index (κ2) is 5.81. The molecular formula is C11H21N5O2. The Balaban J connectivity index is 2.55. The van der Waals surface area contributed by atoms with E-state index in [9.17, 15) is 4.79 Å². The van der Waals surface area contributed by atoms with Crippen molar-refractivity contribution >= 4 is 11.9 Å². The van der Waals surface area contributed by atoms with Crippen molar-refractivity contribution in [2.75, 3.05) is 5.32 Å². The summed E-state index contributed by atoms with van der Waals surface area (Å²) in [6, 6.07) is 0.640. The van der Waals surface area contributed by atoms with Crippen LogP contribution in [0.15, 0.2) is 4.42 Å². The van der Waals surface area contributed by atoms with Crippen LogP contribution in [-0.2, 0) is 11.3 Å². The highest BCUT2D eigenvalue weighted by Gasteiger charge is 2.22. The number of carbonyl (C=O) groups is 1. The molecule has 18 heavy (non-hydrogen) atoms. The average Bonchev–Trinajstić information content (AvgIpc) is 2.59. The average molecular weight is 255 g/mol. The molecule has 102 valence electrons. The molecule has 0 bridgehead atoms. The van der Waals surface area contributed by atoms with Gasteiger partial charge in [0.15, 0.2) is 0 Å². The van der Waals surface area contributed by atoms with E-state index in [-0.39, 0.29) is 12.3 Å². The number of hydrogen-bond acceptors (Lipinski definition) is 6. The van der Waals surface area contributed by atoms with E-state index in [2.05, 4.69) is 20.8 Å². The maximum atomic E-state index is 10.9. The van der Waals surface area contributed by atoms with Crippen molar-refractivity contribution in [2.45, 2.75) is 52.2 Å². The predicted octanol–water partition coefficient (Wildman–Crippen LogP) is 0.634. The summed E-state index contributed by atoms with van der Waals surface area (Å²) < 4.78 is 5.40. The zero-order valence-corrected chi connectivity index (χ0v) is 11.3. The second-order valence-electron chi connectivity index (χ2n) is 5.19. The number of hydrogen-bond donors (Lipinski definition) is 3. The summed E-state index contributed by atoms with van der Waals surface area (Å²) in [5, 5.41) is 13.9. The Labute approximate surface area is 107 Å². The van der Waals surface area contributed by atoms with Crippen LogP contribution in [0.4, 0.5) is 6.01 Å². The molecule has 0 spiro atoms. The van der Waals surface area contributed by atoms with E-state index in [4.69, 9.17) is 10.2 Å². The molecule has 1 aromatic rings. The van der Waals surface area contributed by atoms with Crippen LogP contribution in [0.5, 0.6) is 0 Å². The lowest BCUT2D eigenvalue weighted by Crippen LogP contribution is -2.36. The van der Waals surface area contributed by atoms with Gasteiger partial charge in [-0.3, -0.25) is 4.79 Å². The third kappa shape index (κ3) is 5.13. The van der Waals surface area contributed by atoms with Gasteiger partial charge in [0.05, 0.1) is 6.54 Å². The van der Waals surface area contributed by atoms with Crippen LogP contribution in [0.25, 0.3) is 0 Å². The number of carbonyl (C=O) groups excluding carboxylic acids is 1. The molecule has 0 aliphatic heterocycles. The quantitative estimate of drug-likeness (QED) is 0.660. The van der Waals surface area contributed by atoms with Crippen molar-refractivity contribution in [3.63, 3.8) is 0 Å². The summed E-state index contributed by atoms with van der Waals surface area (Å²) in [6.45, 7) is 8.27. The lowest BCUT2D eigenvalue weighted by molar-refractivity contribution is -0.118. The molecule has 0 aliphatic rings. The number of nitrogens with two attached hydrogens (primary N) is 1. The van der Waals surface area contributed by atoms with Crippen molar-refractivity contribution in [3.05, 3.63) is 5.89 Å². The van der Waals surface area contributed by atoms with Crippen LogP contribution in [0.1, 0.15) is 40.0 Å². The van der Waals surface area contributed by atoms with Crippen LogP contribution >= 0.6 is 0 Å². The van der Waals surface area contributed by atoms with Gasteiger partial charge in [-0.1, -0.05) is 18.9 Å². The van der Waals surface area contributed by atoms with Gasteiger partial charge in [-0.2, -0.15) is 0 Å². The molecule has 0 fully saturated rings. The minimum absolute atomic E-state index is 0.189. The van der Waals surface area contributed by atoms with Crippen LogP contribution < -0.4 is 16.4 Å². The van der Waals surface area contributed by atoms with E-state index in [1.54, 1.807) is 0 Å². The topological polar surface area (TPSA) is 106 Å². The zero-order valence-electron chi connectivity index (χ0n) is 11.3. The molecule has 1 aromatic heterocycles. The Bertz CT molecular complexity index is 400. The molecule has 0 unspecified atom stereocenters. The van der Waals surface area contributed by atoms with Gasteiger partial charge in [0, 0.05) is 18.0 Å². The normalized spacial score (nSPS) is 11.8. The minimum atomic E-state index is -0.513. The molecule has 0 saturated carbocycles. The summed E-state index contributed by atoms with van der Waals surface area (Å²) in [4.78, 5) is 10.9. The fourth-order valence-electron chi connectivity index (χ4n) is 1.44. The number of nitrogens with zero attached hydrogens (tertiary/aromatic N) is 2. The number of amides is 1. The standard InChI is InChI=1S/C11H21N5O2/c1-7(2)13-6-9-15-16-10(18-9)14-11(3,4)5-8(12)17/h7,13H,5-6H2,1-4H3,(H2,12,17)(H,14,16). The molecule has 7 nitrogen and oxygen atoms in total. The monoisotopic (exact) mass is 255 g/mol. The molecule has 0 saturated heterocycles. The molecule has 1 heterocycles. The molecule has 0 aliphatic carbocycles. The van der Waals surface area contributed by atoms with Crippen molar-refractivity contribution in [1.82, 2.24) is 15.5 Å². The molecule has 4 N–H and O–H groups in total. The Morgan fingerprint density at radius 3 is 2.67 bits per heavy atom. The Morgan fingerprint density at radius 2 is 2.11 bits per heavy atom. The molecule has 7 heteroatoms. The highest BCUT2D eigenvalue weighted by atomic mass is 16.4. The van der Waals surface area contributed by atoms with Crippen molar-refractivity contribution in [3.8, 4) is 0 Å². The van der Waals surface area contributed by atoms with E-state index in [0.29, 0.717) is 24.5 Å². The summed E-state index contributed by atoms with van der Waals surface area (Å²) in [6.07, 6.45) is 0.189. The first-order chi connectivity index (χ1) is 8.28. The van der Waals surface area contributed by atoms with Crippen molar-refractivity contribution in [2.24, 2.45) is 5.73 Å². The fourth-order valence-corrected chi connectivity index (χ4v) is 1.44. The van der Waals surface area contributed by atoms with Gasteiger partial charge in [-0.15, -0.1) is 5.10 Å². The van der Waals surface area contributed by atoms with E-state index < -0.39 is 5.54 Å². The zero-order chi connectivity index (χ0) is 13.8. The summed E-state index contributed by atoms with van der Waals surface area (Å²) in [5.41, 5.74) is 4.65. The van der Waals surface area contributed by atoms with Gasteiger partial charge < -0.3 is 20.8 Å². The fraction of sp³-hybridized carbons (Fsp3) is 0.727. The highest BCUT2D eigenvalue weighted by molar-refractivity contribution is 5.75. The maximum Gasteiger partial charge on any atom is 0.315 e. The van der Waals surface area contributed by atoms with E-state index in [0.717, 1.165) is 0 Å². The first kappa shape index (κ1) is 14.4. The molecule has 0 radical (unpaired) electrons. The first-order valence-corrected chi connectivity index (χ1v) is 5.91. The first-order valence-electron chi connectivity index (χ1n) is 5.91. The molecule has 0 aromatic carbocycles. The van der Waals surface area contributed by atoms with Crippen LogP contribution in [-0.4, -0.2) is 27.7 Å². The van der Waals surface area contributed by atoms with Gasteiger partial charge in [0.1, 0.15) is 0 Å². The van der Waals surface area contributed by atoms with Crippen molar-refractivity contribution in [1.29, 1.82) is 0 Å². The number of nitrogens with one attached hydrogen (secondary N) is 2. The minimum Gasteiger partial charge on any atom is -0.407 e. The maximum absolute atomic E-state index is 10.9. The molecular weight excluding hydrogens is 234 g/mol. The number of primary amides is 1. The summed E-state index contributed by atoms with van der Waals surface area (Å²) in [7, 11) is 0. The van der Waals surface area contributed by atoms with Crippen LogP contribution in [0, 0.1) is 0 Å². The second-order valence-corrected chi connectivity index (χ2v) is 5.19. The Hall–Kier alpha value is -1.63. The van der Waals surface area contributed by atoms with Gasteiger partial charge in [0.25, 0.3) is 0 Å². The van der Waals surface area contributed by atoms with Gasteiger partial charge in [-0.05, 0) is 13.8 Å². The number of anilines is 1. The Morgan fingerprint density at radius 1 is 1.44 bits per heavy atom. The van der Waals surface area contributed by atoms with E-state index in [1.807, 2.05) is 27.7 Å². The summed E-state index contributed by atoms with van der Waals surface area (Å²) in [5.74, 6) is 0.120. The SMILES string of the molecule is CC(C)NCc1nnc(NC(C)(C)CC(N)=O)o1. The summed E-state index contributed by atoms with van der Waals surface area (Å²) >= 11 is 0. The Kier molecular flexibility index (Phi) is 4.66. The third-order valence-corrected chi connectivity index (χ3v) is 2.19. The molecule has 1 rings (SSSR count). The molecule has 1 amide bonds. The van der Waals surface area contributed by atoms with E-state index >= 15 is 0 Å². The van der Waals surface area contributed by atoms with Gasteiger partial charge in [0.2, 0.25) is 11.8 Å². The predicted molar refractivity (Wildman–Crippen MR) is 67.8 cm³/mol. The highest BCUT2D eigenvalue weighted by Crippen LogP contribution is 2.16. The van der Waals surface area contributed by atoms with Crippen LogP contribution in [0.3, 0.4) is 0 Å². The largest absolute Gasteiger partial charge is 0.407 e. The van der Waals surface area contributed by atoms with Crippen molar-refractivity contribution < 1.29 is 9.21 Å². The van der Waals surface area contributed by atoms with E-state index in [1.165, 1.54) is 0 Å².